The summed E-state index contributed by atoms with van der Waals surface area (Å²) in [5, 5.41) is 3.18. The summed E-state index contributed by atoms with van der Waals surface area (Å²) in [7, 11) is 0. The zero-order valence-electron chi connectivity index (χ0n) is 16.5. The first-order chi connectivity index (χ1) is 14.0. The molecule has 0 aliphatic carbocycles. The number of hydrogen-bond donors (Lipinski definition) is 1. The number of anilines is 1. The van der Waals surface area contributed by atoms with Crippen molar-refractivity contribution in [1.29, 1.82) is 0 Å². The van der Waals surface area contributed by atoms with E-state index in [0.29, 0.717) is 11.3 Å². The van der Waals surface area contributed by atoms with Gasteiger partial charge in [-0.3, -0.25) is 14.5 Å². The van der Waals surface area contributed by atoms with Gasteiger partial charge < -0.3 is 5.32 Å². The molecule has 4 rings (SSSR count). The summed E-state index contributed by atoms with van der Waals surface area (Å²) in [5.41, 5.74) is 5.38. The van der Waals surface area contributed by atoms with E-state index in [1.807, 2.05) is 92.7 Å². The zero-order chi connectivity index (χ0) is 20.4. The van der Waals surface area contributed by atoms with Crippen LogP contribution in [0.4, 0.5) is 5.69 Å². The van der Waals surface area contributed by atoms with Crippen molar-refractivity contribution in [3.63, 3.8) is 0 Å². The van der Waals surface area contributed by atoms with E-state index in [-0.39, 0.29) is 18.4 Å². The summed E-state index contributed by atoms with van der Waals surface area (Å²) in [4.78, 5) is 27.8. The first-order valence-corrected chi connectivity index (χ1v) is 9.58. The van der Waals surface area contributed by atoms with Crippen molar-refractivity contribution >= 4 is 23.1 Å². The fourth-order valence-electron chi connectivity index (χ4n) is 3.37. The van der Waals surface area contributed by atoms with E-state index in [2.05, 4.69) is 5.32 Å². The Hall–Kier alpha value is -3.66. The van der Waals surface area contributed by atoms with Gasteiger partial charge in [-0.05, 0) is 37.1 Å². The van der Waals surface area contributed by atoms with Crippen molar-refractivity contribution < 1.29 is 9.59 Å². The average molecular weight is 382 g/mol. The Morgan fingerprint density at radius 1 is 0.724 bits per heavy atom. The lowest BCUT2D eigenvalue weighted by molar-refractivity contribution is -0.137. The molecule has 1 heterocycles. The molecule has 2 amide bonds. The van der Waals surface area contributed by atoms with Crippen LogP contribution in [-0.4, -0.2) is 16.7 Å². The molecule has 4 nitrogen and oxygen atoms in total. The highest BCUT2D eigenvalue weighted by molar-refractivity contribution is 6.36. The maximum atomic E-state index is 13.3. The molecule has 1 N–H and O–H groups in total. The predicted octanol–water partition coefficient (Wildman–Crippen LogP) is 4.70. The summed E-state index contributed by atoms with van der Waals surface area (Å²) in [5.74, 6) is -0.590. The number of amides is 2. The minimum Gasteiger partial charge on any atom is -0.350 e. The molecule has 4 heteroatoms. The SMILES string of the molecule is Cc1ccc(CN2C(=O)C(Nc3ccccc3)=C(c3ccc(C)cc3)C2=O)cc1. The molecule has 144 valence electrons. The molecule has 1 aliphatic heterocycles. The van der Waals surface area contributed by atoms with E-state index in [1.54, 1.807) is 0 Å². The van der Waals surface area contributed by atoms with E-state index in [0.717, 1.165) is 27.9 Å². The average Bonchev–Trinajstić information content (AvgIpc) is 2.95. The highest BCUT2D eigenvalue weighted by Crippen LogP contribution is 2.31. The van der Waals surface area contributed by atoms with Crippen molar-refractivity contribution in [3.8, 4) is 0 Å². The molecule has 3 aromatic carbocycles. The molecule has 1 aliphatic rings. The lowest BCUT2D eigenvalue weighted by atomic mass is 10.0. The van der Waals surface area contributed by atoms with Crippen LogP contribution in [0.3, 0.4) is 0 Å². The van der Waals surface area contributed by atoms with E-state index >= 15 is 0 Å². The van der Waals surface area contributed by atoms with Gasteiger partial charge in [0.15, 0.2) is 0 Å². The third kappa shape index (κ3) is 3.83. The third-order valence-electron chi connectivity index (χ3n) is 5.01. The molecule has 0 spiro atoms. The maximum Gasteiger partial charge on any atom is 0.278 e. The molecule has 0 unspecified atom stereocenters. The highest BCUT2D eigenvalue weighted by Gasteiger charge is 2.39. The molecule has 29 heavy (non-hydrogen) atoms. The van der Waals surface area contributed by atoms with Crippen molar-refractivity contribution in [2.24, 2.45) is 0 Å². The van der Waals surface area contributed by atoms with Crippen LogP contribution in [0.1, 0.15) is 22.3 Å². The van der Waals surface area contributed by atoms with Gasteiger partial charge in [-0.25, -0.2) is 0 Å². The van der Waals surface area contributed by atoms with Gasteiger partial charge in [-0.15, -0.1) is 0 Å². The fourth-order valence-corrected chi connectivity index (χ4v) is 3.37. The number of aryl methyl sites for hydroxylation is 2. The van der Waals surface area contributed by atoms with E-state index < -0.39 is 0 Å². The van der Waals surface area contributed by atoms with Gasteiger partial charge >= 0.3 is 0 Å². The molecule has 0 fully saturated rings. The summed E-state index contributed by atoms with van der Waals surface area (Å²) < 4.78 is 0. The standard InChI is InChI=1S/C25H22N2O2/c1-17-8-12-19(13-9-17)16-27-24(28)22(20-14-10-18(2)11-15-20)23(25(27)29)26-21-6-4-3-5-7-21/h3-15,26H,16H2,1-2H3. The molecule has 0 saturated heterocycles. The Labute approximate surface area is 170 Å². The van der Waals surface area contributed by atoms with Gasteiger partial charge in [0.05, 0.1) is 12.1 Å². The van der Waals surface area contributed by atoms with E-state index in [9.17, 15) is 9.59 Å². The van der Waals surface area contributed by atoms with Crippen LogP contribution in [0.2, 0.25) is 0 Å². The molecule has 0 radical (unpaired) electrons. The van der Waals surface area contributed by atoms with Gasteiger partial charge in [-0.2, -0.15) is 0 Å². The number of nitrogens with zero attached hydrogens (tertiary/aromatic N) is 1. The summed E-state index contributed by atoms with van der Waals surface area (Å²) in [6, 6.07) is 25.0. The monoisotopic (exact) mass is 382 g/mol. The highest BCUT2D eigenvalue weighted by atomic mass is 16.2. The zero-order valence-corrected chi connectivity index (χ0v) is 16.5. The van der Waals surface area contributed by atoms with Crippen LogP contribution in [0.5, 0.6) is 0 Å². The van der Waals surface area contributed by atoms with E-state index in [4.69, 9.17) is 0 Å². The Kier molecular flexibility index (Phi) is 5.00. The van der Waals surface area contributed by atoms with Gasteiger partial charge in [-0.1, -0.05) is 77.9 Å². The molecule has 0 bridgehead atoms. The second kappa shape index (κ2) is 7.76. The molecule has 0 aromatic heterocycles. The van der Waals surface area contributed by atoms with Crippen molar-refractivity contribution in [1.82, 2.24) is 4.90 Å². The summed E-state index contributed by atoms with van der Waals surface area (Å²) in [6.45, 7) is 4.24. The molecular weight excluding hydrogens is 360 g/mol. The van der Waals surface area contributed by atoms with Crippen molar-refractivity contribution in [2.45, 2.75) is 20.4 Å². The summed E-state index contributed by atoms with van der Waals surface area (Å²) in [6.07, 6.45) is 0. The van der Waals surface area contributed by atoms with Crippen LogP contribution in [-0.2, 0) is 16.1 Å². The van der Waals surface area contributed by atoms with Gasteiger partial charge in [0, 0.05) is 5.69 Å². The fraction of sp³-hybridized carbons (Fsp3) is 0.120. The van der Waals surface area contributed by atoms with Crippen molar-refractivity contribution in [3.05, 3.63) is 107 Å². The van der Waals surface area contributed by atoms with Crippen LogP contribution < -0.4 is 5.32 Å². The minimum atomic E-state index is -0.310. The summed E-state index contributed by atoms with van der Waals surface area (Å²) >= 11 is 0. The largest absolute Gasteiger partial charge is 0.350 e. The smallest absolute Gasteiger partial charge is 0.278 e. The lowest BCUT2D eigenvalue weighted by Crippen LogP contribution is -2.32. The number of hydrogen-bond acceptors (Lipinski definition) is 3. The number of carbonyl (C=O) groups excluding carboxylic acids is 2. The second-order valence-corrected chi connectivity index (χ2v) is 7.29. The first kappa shape index (κ1) is 18.7. The van der Waals surface area contributed by atoms with Crippen LogP contribution >= 0.6 is 0 Å². The van der Waals surface area contributed by atoms with Gasteiger partial charge in [0.2, 0.25) is 0 Å². The topological polar surface area (TPSA) is 49.4 Å². The predicted molar refractivity (Wildman–Crippen MR) is 115 cm³/mol. The number of carbonyl (C=O) groups is 2. The lowest BCUT2D eigenvalue weighted by Gasteiger charge is -2.15. The number of benzene rings is 3. The second-order valence-electron chi connectivity index (χ2n) is 7.29. The molecule has 0 atom stereocenters. The third-order valence-corrected chi connectivity index (χ3v) is 5.01. The Morgan fingerprint density at radius 3 is 1.93 bits per heavy atom. The van der Waals surface area contributed by atoms with Crippen LogP contribution in [0.25, 0.3) is 5.57 Å². The molecule has 3 aromatic rings. The van der Waals surface area contributed by atoms with E-state index in [1.165, 1.54) is 4.90 Å². The minimum absolute atomic E-state index is 0.243. The molecule has 0 saturated carbocycles. The van der Waals surface area contributed by atoms with Gasteiger partial charge in [0.1, 0.15) is 5.70 Å². The van der Waals surface area contributed by atoms with Gasteiger partial charge in [0.25, 0.3) is 11.8 Å². The normalized spacial score (nSPS) is 13.9. The Balaban J connectivity index is 1.72. The quantitative estimate of drug-likeness (QED) is 0.651. The maximum absolute atomic E-state index is 13.3. The number of imide groups is 1. The number of para-hydroxylation sites is 1. The van der Waals surface area contributed by atoms with Crippen LogP contribution in [0, 0.1) is 13.8 Å². The molecular formula is C25H22N2O2. The van der Waals surface area contributed by atoms with Crippen molar-refractivity contribution in [2.75, 3.05) is 5.32 Å². The number of rotatable bonds is 5. The Bertz CT molecular complexity index is 1080. The Morgan fingerprint density at radius 2 is 1.31 bits per heavy atom. The number of nitrogens with one attached hydrogen (secondary N) is 1. The first-order valence-electron chi connectivity index (χ1n) is 9.58. The van der Waals surface area contributed by atoms with Crippen LogP contribution in [0.15, 0.2) is 84.6 Å².